The minimum Gasteiger partial charge on any atom is -0.462 e. The first-order valence-electron chi connectivity index (χ1n) is 5.86. The lowest BCUT2D eigenvalue weighted by atomic mass is 10.0. The van der Waals surface area contributed by atoms with Crippen LogP contribution in [-0.2, 0) is 11.3 Å². The minimum atomic E-state index is -0.0874. The van der Waals surface area contributed by atoms with E-state index < -0.39 is 0 Å². The zero-order chi connectivity index (χ0) is 13.8. The normalized spacial score (nSPS) is 12.6. The molecule has 0 aliphatic heterocycles. The first kappa shape index (κ1) is 14.6. The second-order valence-electron chi connectivity index (χ2n) is 4.10. The van der Waals surface area contributed by atoms with Crippen LogP contribution in [0.1, 0.15) is 23.1 Å². The molecule has 0 saturated carbocycles. The molecule has 0 radical (unpaired) electrons. The first-order valence-corrected chi connectivity index (χ1v) is 7.03. The smallest absolute Gasteiger partial charge is 0.129 e. The molecule has 0 amide bonds. The fraction of sp³-hybridized carbons (Fsp3) is 0.286. The third-order valence-corrected chi connectivity index (χ3v) is 4.15. The van der Waals surface area contributed by atoms with E-state index in [1.807, 2.05) is 37.4 Å². The largest absolute Gasteiger partial charge is 0.462 e. The van der Waals surface area contributed by atoms with Crippen LogP contribution in [0.2, 0.25) is 5.02 Å². The van der Waals surface area contributed by atoms with Gasteiger partial charge in [0.2, 0.25) is 0 Å². The Labute approximate surface area is 126 Å². The van der Waals surface area contributed by atoms with Crippen molar-refractivity contribution in [2.24, 2.45) is 0 Å². The Bertz CT molecular complexity index is 556. The number of methoxy groups -OCH3 is 1. The molecule has 1 aromatic heterocycles. The van der Waals surface area contributed by atoms with Gasteiger partial charge in [0.15, 0.2) is 0 Å². The van der Waals surface area contributed by atoms with E-state index in [-0.39, 0.29) is 6.04 Å². The fourth-order valence-corrected chi connectivity index (χ4v) is 2.58. The highest BCUT2D eigenvalue weighted by Crippen LogP contribution is 2.33. The minimum absolute atomic E-state index is 0.0874. The highest BCUT2D eigenvalue weighted by molar-refractivity contribution is 9.10. The third kappa shape index (κ3) is 3.20. The zero-order valence-electron chi connectivity index (χ0n) is 10.7. The summed E-state index contributed by atoms with van der Waals surface area (Å²) in [6.07, 6.45) is 0. The van der Waals surface area contributed by atoms with Crippen molar-refractivity contribution in [2.45, 2.75) is 12.6 Å². The van der Waals surface area contributed by atoms with Crippen molar-refractivity contribution in [3.8, 4) is 0 Å². The lowest BCUT2D eigenvalue weighted by molar-refractivity contribution is 0.162. The molecule has 1 unspecified atom stereocenters. The van der Waals surface area contributed by atoms with E-state index in [1.54, 1.807) is 7.11 Å². The monoisotopic (exact) mass is 343 g/mol. The van der Waals surface area contributed by atoms with Crippen LogP contribution in [0.4, 0.5) is 0 Å². The van der Waals surface area contributed by atoms with Crippen LogP contribution in [-0.4, -0.2) is 14.2 Å². The maximum Gasteiger partial charge on any atom is 0.129 e. The van der Waals surface area contributed by atoms with Crippen LogP contribution in [0.25, 0.3) is 0 Å². The molecule has 1 heterocycles. The van der Waals surface area contributed by atoms with Crippen LogP contribution in [0.5, 0.6) is 0 Å². The van der Waals surface area contributed by atoms with Gasteiger partial charge in [-0.05, 0) is 46.7 Å². The van der Waals surface area contributed by atoms with E-state index in [0.29, 0.717) is 11.6 Å². The van der Waals surface area contributed by atoms with E-state index in [9.17, 15) is 0 Å². The summed E-state index contributed by atoms with van der Waals surface area (Å²) in [5, 5.41) is 3.90. The van der Waals surface area contributed by atoms with Gasteiger partial charge in [-0.25, -0.2) is 0 Å². The summed E-state index contributed by atoms with van der Waals surface area (Å²) in [7, 11) is 3.52. The maximum atomic E-state index is 6.33. The lowest BCUT2D eigenvalue weighted by Gasteiger charge is -2.16. The predicted molar refractivity (Wildman–Crippen MR) is 79.5 cm³/mol. The standard InChI is InChI=1S/C14H15BrClNO2/c1-17-14(10-4-3-5-11(15)13(10)16)12-7-6-9(19-12)8-18-2/h3-7,14,17H,8H2,1-2H3. The van der Waals surface area contributed by atoms with Gasteiger partial charge in [0.05, 0.1) is 11.1 Å². The van der Waals surface area contributed by atoms with Crippen LogP contribution >= 0.6 is 27.5 Å². The maximum absolute atomic E-state index is 6.33. The molecule has 1 aromatic carbocycles. The molecule has 102 valence electrons. The molecule has 3 nitrogen and oxygen atoms in total. The summed E-state index contributed by atoms with van der Waals surface area (Å²) in [5.74, 6) is 1.61. The van der Waals surface area contributed by atoms with Gasteiger partial charge in [-0.2, -0.15) is 0 Å². The Morgan fingerprint density at radius 3 is 2.84 bits per heavy atom. The van der Waals surface area contributed by atoms with Crippen LogP contribution in [0.3, 0.4) is 0 Å². The number of hydrogen-bond donors (Lipinski definition) is 1. The summed E-state index contributed by atoms with van der Waals surface area (Å²) < 4.78 is 11.7. The average Bonchev–Trinajstić information content (AvgIpc) is 2.84. The molecule has 0 aliphatic rings. The Morgan fingerprint density at radius 2 is 2.16 bits per heavy atom. The van der Waals surface area contributed by atoms with Crippen LogP contribution in [0, 0.1) is 0 Å². The fourth-order valence-electron chi connectivity index (χ4n) is 1.96. The van der Waals surface area contributed by atoms with Crippen molar-refractivity contribution in [1.29, 1.82) is 0 Å². The molecule has 19 heavy (non-hydrogen) atoms. The highest BCUT2D eigenvalue weighted by atomic mass is 79.9. The second-order valence-corrected chi connectivity index (χ2v) is 5.33. The van der Waals surface area contributed by atoms with Crippen LogP contribution in [0.15, 0.2) is 39.2 Å². The Hall–Kier alpha value is -0.810. The molecule has 1 atom stereocenters. The number of nitrogens with one attached hydrogen (secondary N) is 1. The number of hydrogen-bond acceptors (Lipinski definition) is 3. The van der Waals surface area contributed by atoms with Gasteiger partial charge in [0.25, 0.3) is 0 Å². The number of rotatable bonds is 5. The molecule has 0 aliphatic carbocycles. The van der Waals surface area contributed by atoms with Gasteiger partial charge in [0, 0.05) is 11.6 Å². The van der Waals surface area contributed by atoms with Gasteiger partial charge in [-0.3, -0.25) is 0 Å². The Balaban J connectivity index is 2.35. The van der Waals surface area contributed by atoms with Crippen molar-refractivity contribution in [1.82, 2.24) is 5.32 Å². The van der Waals surface area contributed by atoms with Crippen molar-refractivity contribution < 1.29 is 9.15 Å². The molecule has 1 N–H and O–H groups in total. The Morgan fingerprint density at radius 1 is 1.37 bits per heavy atom. The van der Waals surface area contributed by atoms with E-state index in [1.165, 1.54) is 0 Å². The van der Waals surface area contributed by atoms with E-state index in [2.05, 4.69) is 21.2 Å². The molecule has 0 saturated heterocycles. The van der Waals surface area contributed by atoms with Crippen molar-refractivity contribution in [3.05, 3.63) is 56.9 Å². The number of furan rings is 1. The molecule has 5 heteroatoms. The summed E-state index contributed by atoms with van der Waals surface area (Å²) in [4.78, 5) is 0. The zero-order valence-corrected chi connectivity index (χ0v) is 13.1. The van der Waals surface area contributed by atoms with Crippen molar-refractivity contribution in [2.75, 3.05) is 14.2 Å². The molecule has 0 bridgehead atoms. The van der Waals surface area contributed by atoms with Gasteiger partial charge in [0.1, 0.15) is 18.1 Å². The van der Waals surface area contributed by atoms with E-state index in [4.69, 9.17) is 20.8 Å². The lowest BCUT2D eigenvalue weighted by Crippen LogP contribution is -2.17. The predicted octanol–water partition coefficient (Wildman–Crippen LogP) is 4.15. The van der Waals surface area contributed by atoms with E-state index >= 15 is 0 Å². The number of halogens is 2. The van der Waals surface area contributed by atoms with E-state index in [0.717, 1.165) is 21.6 Å². The quantitative estimate of drug-likeness (QED) is 0.885. The topological polar surface area (TPSA) is 34.4 Å². The SMILES string of the molecule is CNC(c1ccc(COC)o1)c1cccc(Br)c1Cl. The Kier molecular flexibility index (Phi) is 5.05. The van der Waals surface area contributed by atoms with Crippen molar-refractivity contribution in [3.63, 3.8) is 0 Å². The molecule has 0 fully saturated rings. The highest BCUT2D eigenvalue weighted by Gasteiger charge is 2.19. The molecule has 2 rings (SSSR count). The van der Waals surface area contributed by atoms with Gasteiger partial charge in [-0.1, -0.05) is 23.7 Å². The van der Waals surface area contributed by atoms with Gasteiger partial charge >= 0.3 is 0 Å². The number of benzene rings is 1. The summed E-state index contributed by atoms with van der Waals surface area (Å²) in [6.45, 7) is 0.461. The first-order chi connectivity index (χ1) is 9.17. The molecule has 2 aromatic rings. The summed E-state index contributed by atoms with van der Waals surface area (Å²) in [5.41, 5.74) is 0.969. The average molecular weight is 345 g/mol. The second kappa shape index (κ2) is 6.57. The number of ether oxygens (including phenoxy) is 1. The van der Waals surface area contributed by atoms with Crippen LogP contribution < -0.4 is 5.32 Å². The summed E-state index contributed by atoms with van der Waals surface area (Å²) >= 11 is 9.77. The van der Waals surface area contributed by atoms with Crippen molar-refractivity contribution >= 4 is 27.5 Å². The molecular formula is C14H15BrClNO2. The third-order valence-electron chi connectivity index (χ3n) is 2.83. The summed E-state index contributed by atoms with van der Waals surface area (Å²) in [6, 6.07) is 9.61. The molecule has 0 spiro atoms. The van der Waals surface area contributed by atoms with Gasteiger partial charge < -0.3 is 14.5 Å². The molecular weight excluding hydrogens is 330 g/mol. The van der Waals surface area contributed by atoms with Gasteiger partial charge in [-0.15, -0.1) is 0 Å².